The number of thiazole rings is 1. The molecule has 1 aliphatic rings. The minimum absolute atomic E-state index is 0.0418. The minimum atomic E-state index is -0.0418. The number of carbonyl (C=O) groups excluding carboxylic acids is 1. The fourth-order valence-electron chi connectivity index (χ4n) is 2.90. The molecule has 1 amide bonds. The Balaban J connectivity index is 1.69. The summed E-state index contributed by atoms with van der Waals surface area (Å²) in [4.78, 5) is 23.4. The Morgan fingerprint density at radius 2 is 2.15 bits per heavy atom. The van der Waals surface area contributed by atoms with Crippen LogP contribution in [0.2, 0.25) is 0 Å². The molecule has 3 rings (SSSR count). The van der Waals surface area contributed by atoms with E-state index in [4.69, 9.17) is 0 Å². The van der Waals surface area contributed by atoms with Crippen molar-refractivity contribution in [2.45, 2.75) is 52.5 Å². The summed E-state index contributed by atoms with van der Waals surface area (Å²) < 4.78 is 0. The van der Waals surface area contributed by atoms with Crippen LogP contribution < -0.4 is 5.32 Å². The minimum Gasteiger partial charge on any atom is -0.366 e. The molecule has 2 aromatic rings. The molecule has 0 saturated heterocycles. The molecule has 0 aliphatic heterocycles. The first-order valence-corrected chi connectivity index (χ1v) is 10.4. The maximum absolute atomic E-state index is 12.2. The molecular formula is C21H28N4OS. The molecular weight excluding hydrogens is 356 g/mol. The molecule has 0 atom stereocenters. The fourth-order valence-corrected chi connectivity index (χ4v) is 3.70. The second kappa shape index (κ2) is 8.65. The van der Waals surface area contributed by atoms with Crippen LogP contribution in [0.15, 0.2) is 22.5 Å². The normalized spacial score (nSPS) is 14.4. The topological polar surface area (TPSA) is 57.6 Å². The van der Waals surface area contributed by atoms with Crippen LogP contribution in [0.5, 0.6) is 0 Å². The highest BCUT2D eigenvalue weighted by Crippen LogP contribution is 2.26. The zero-order valence-electron chi connectivity index (χ0n) is 16.6. The molecule has 1 aliphatic carbocycles. The summed E-state index contributed by atoms with van der Waals surface area (Å²) in [6.45, 7) is 7.22. The maximum atomic E-state index is 12.2. The van der Waals surface area contributed by atoms with E-state index in [0.717, 1.165) is 42.1 Å². The van der Waals surface area contributed by atoms with Gasteiger partial charge in [-0.25, -0.2) is 9.98 Å². The van der Waals surface area contributed by atoms with Gasteiger partial charge in [0, 0.05) is 31.4 Å². The van der Waals surface area contributed by atoms with Gasteiger partial charge in [-0.3, -0.25) is 4.79 Å². The molecule has 144 valence electrons. The second-order valence-corrected chi connectivity index (χ2v) is 8.23. The monoisotopic (exact) mass is 384 g/mol. The van der Waals surface area contributed by atoms with Crippen molar-refractivity contribution in [2.24, 2.45) is 4.99 Å². The molecule has 0 spiro atoms. The van der Waals surface area contributed by atoms with Gasteiger partial charge in [0.25, 0.3) is 5.91 Å². The highest BCUT2D eigenvalue weighted by atomic mass is 32.1. The fraction of sp³-hybridized carbons (Fsp3) is 0.476. The first-order chi connectivity index (χ1) is 13.0. The van der Waals surface area contributed by atoms with Crippen molar-refractivity contribution in [1.82, 2.24) is 15.2 Å². The van der Waals surface area contributed by atoms with Gasteiger partial charge >= 0.3 is 0 Å². The average molecular weight is 385 g/mol. The highest BCUT2D eigenvalue weighted by Gasteiger charge is 2.21. The molecule has 0 bridgehead atoms. The molecule has 1 heterocycles. The van der Waals surface area contributed by atoms with Crippen LogP contribution in [0.3, 0.4) is 0 Å². The number of nitrogens with zero attached hydrogens (tertiary/aromatic N) is 3. The third kappa shape index (κ3) is 4.95. The van der Waals surface area contributed by atoms with E-state index >= 15 is 0 Å². The van der Waals surface area contributed by atoms with Crippen LogP contribution in [-0.4, -0.2) is 41.8 Å². The zero-order valence-corrected chi connectivity index (χ0v) is 17.4. The van der Waals surface area contributed by atoms with Gasteiger partial charge in [-0.05, 0) is 62.8 Å². The van der Waals surface area contributed by atoms with Crippen LogP contribution in [-0.2, 0) is 6.42 Å². The standard InChI is InChI=1S/C21H28N4OS/c1-5-25(4)13-22-18-10-14(2)16(9-15(18)3)11-20-24-19(12-27-20)21(26)23-17-7-6-8-17/h9-10,12-13,17H,5-8,11H2,1-4H3,(H,23,26)/b22-13+. The van der Waals surface area contributed by atoms with Gasteiger partial charge in [-0.1, -0.05) is 6.07 Å². The van der Waals surface area contributed by atoms with Gasteiger partial charge in [-0.2, -0.15) is 0 Å². The summed E-state index contributed by atoms with van der Waals surface area (Å²) in [5.41, 5.74) is 5.12. The van der Waals surface area contributed by atoms with Crippen LogP contribution in [0.1, 0.15) is 58.4 Å². The number of aliphatic imine (C=N–C) groups is 1. The summed E-state index contributed by atoms with van der Waals surface area (Å²) in [6, 6.07) is 4.65. The van der Waals surface area contributed by atoms with Crippen molar-refractivity contribution in [3.8, 4) is 0 Å². The molecule has 0 unspecified atom stereocenters. The molecule has 0 radical (unpaired) electrons. The van der Waals surface area contributed by atoms with Crippen molar-refractivity contribution in [1.29, 1.82) is 0 Å². The summed E-state index contributed by atoms with van der Waals surface area (Å²) in [6.07, 6.45) is 6.00. The molecule has 27 heavy (non-hydrogen) atoms. The molecule has 1 aromatic heterocycles. The summed E-state index contributed by atoms with van der Waals surface area (Å²) in [5.74, 6) is -0.0418. The molecule has 1 saturated carbocycles. The summed E-state index contributed by atoms with van der Waals surface area (Å²) in [7, 11) is 2.02. The number of nitrogens with one attached hydrogen (secondary N) is 1. The summed E-state index contributed by atoms with van der Waals surface area (Å²) in [5, 5.41) is 5.89. The first-order valence-electron chi connectivity index (χ1n) is 9.56. The van der Waals surface area contributed by atoms with Gasteiger partial charge in [-0.15, -0.1) is 11.3 Å². The van der Waals surface area contributed by atoms with Crippen LogP contribution in [0.25, 0.3) is 0 Å². The SMILES string of the molecule is CCN(C)/C=N/c1cc(C)c(Cc2nc(C(=O)NC3CCC3)cs2)cc1C. The Morgan fingerprint density at radius 3 is 2.81 bits per heavy atom. The van der Waals surface area contributed by atoms with Crippen molar-refractivity contribution < 1.29 is 4.79 Å². The Bertz CT molecular complexity index is 839. The first kappa shape index (κ1) is 19.5. The Kier molecular flexibility index (Phi) is 6.26. The number of hydrogen-bond acceptors (Lipinski definition) is 4. The van der Waals surface area contributed by atoms with Gasteiger partial charge in [0.2, 0.25) is 0 Å². The Hall–Kier alpha value is -2.21. The summed E-state index contributed by atoms with van der Waals surface area (Å²) >= 11 is 1.55. The number of amides is 1. The Morgan fingerprint density at radius 1 is 1.37 bits per heavy atom. The van der Waals surface area contributed by atoms with E-state index in [1.807, 2.05) is 18.8 Å². The lowest BCUT2D eigenvalue weighted by Crippen LogP contribution is -2.39. The van der Waals surface area contributed by atoms with Crippen LogP contribution >= 0.6 is 11.3 Å². The van der Waals surface area contributed by atoms with E-state index < -0.39 is 0 Å². The smallest absolute Gasteiger partial charge is 0.270 e. The predicted molar refractivity (Wildman–Crippen MR) is 112 cm³/mol. The third-order valence-corrected chi connectivity index (χ3v) is 5.96. The average Bonchev–Trinajstić information content (AvgIpc) is 3.08. The lowest BCUT2D eigenvalue weighted by molar-refractivity contribution is 0.0912. The van der Waals surface area contributed by atoms with Crippen LogP contribution in [0, 0.1) is 13.8 Å². The third-order valence-electron chi connectivity index (χ3n) is 5.11. The van der Waals surface area contributed by atoms with Crippen molar-refractivity contribution in [3.63, 3.8) is 0 Å². The molecule has 1 aromatic carbocycles. The van der Waals surface area contributed by atoms with Crippen molar-refractivity contribution in [2.75, 3.05) is 13.6 Å². The number of aryl methyl sites for hydroxylation is 2. The molecule has 6 heteroatoms. The highest BCUT2D eigenvalue weighted by molar-refractivity contribution is 7.09. The second-order valence-electron chi connectivity index (χ2n) is 7.29. The number of benzene rings is 1. The number of rotatable bonds is 7. The number of hydrogen-bond donors (Lipinski definition) is 1. The van der Waals surface area contributed by atoms with Gasteiger partial charge in [0.15, 0.2) is 0 Å². The van der Waals surface area contributed by atoms with E-state index in [-0.39, 0.29) is 5.91 Å². The largest absolute Gasteiger partial charge is 0.366 e. The van der Waals surface area contributed by atoms with Gasteiger partial charge < -0.3 is 10.2 Å². The molecule has 1 N–H and O–H groups in total. The molecule has 5 nitrogen and oxygen atoms in total. The maximum Gasteiger partial charge on any atom is 0.270 e. The zero-order chi connectivity index (χ0) is 19.4. The van der Waals surface area contributed by atoms with Gasteiger partial charge in [0.1, 0.15) is 5.69 Å². The van der Waals surface area contributed by atoms with E-state index in [0.29, 0.717) is 11.7 Å². The number of carbonyl (C=O) groups is 1. The van der Waals surface area contributed by atoms with Gasteiger partial charge in [0.05, 0.1) is 17.0 Å². The van der Waals surface area contributed by atoms with E-state index in [1.54, 1.807) is 11.3 Å². The van der Waals surface area contributed by atoms with Crippen molar-refractivity contribution >= 4 is 29.3 Å². The predicted octanol–water partition coefficient (Wildman–Crippen LogP) is 4.24. The Labute approximate surface area is 165 Å². The quantitative estimate of drug-likeness (QED) is 0.574. The lowest BCUT2D eigenvalue weighted by Gasteiger charge is -2.25. The molecule has 1 fully saturated rings. The van der Waals surface area contributed by atoms with E-state index in [9.17, 15) is 4.79 Å². The van der Waals surface area contributed by atoms with E-state index in [2.05, 4.69) is 53.1 Å². The van der Waals surface area contributed by atoms with E-state index in [1.165, 1.54) is 17.5 Å². The lowest BCUT2D eigenvalue weighted by atomic mass is 9.93. The van der Waals surface area contributed by atoms with Crippen molar-refractivity contribution in [3.05, 3.63) is 44.9 Å². The van der Waals surface area contributed by atoms with Crippen LogP contribution in [0.4, 0.5) is 5.69 Å². The number of aromatic nitrogens is 1.